The van der Waals surface area contributed by atoms with Crippen LogP contribution in [0.1, 0.15) is 10.4 Å². The third-order valence-corrected chi connectivity index (χ3v) is 4.48. The Morgan fingerprint density at radius 3 is 2.16 bits per heavy atom. The van der Waals surface area contributed by atoms with Gasteiger partial charge in [-0.3, -0.25) is 4.79 Å². The molecule has 7 nitrogen and oxygen atoms in total. The molecule has 0 aliphatic heterocycles. The topological polar surface area (TPSA) is 78.1 Å². The van der Waals surface area contributed by atoms with Gasteiger partial charge in [0.1, 0.15) is 12.4 Å². The summed E-state index contributed by atoms with van der Waals surface area (Å²) < 4.78 is 21.7. The lowest BCUT2D eigenvalue weighted by atomic mass is 10.1. The van der Waals surface area contributed by atoms with Gasteiger partial charge in [0.05, 0.1) is 27.9 Å². The maximum absolute atomic E-state index is 12.5. The zero-order chi connectivity index (χ0) is 22.1. The summed E-state index contributed by atoms with van der Waals surface area (Å²) in [5.74, 6) is 2.19. The number of methoxy groups -OCH3 is 3. The number of carbonyl (C=O) groups is 1. The summed E-state index contributed by atoms with van der Waals surface area (Å²) in [4.78, 5) is 12.5. The molecule has 1 amide bonds. The first kappa shape index (κ1) is 21.8. The Kier molecular flexibility index (Phi) is 7.59. The monoisotopic (exact) mass is 422 g/mol. The van der Waals surface area contributed by atoms with Crippen LogP contribution < -0.4 is 29.6 Å². The van der Waals surface area contributed by atoms with Crippen LogP contribution in [0.3, 0.4) is 0 Å². The maximum atomic E-state index is 12.5. The number of anilines is 2. The summed E-state index contributed by atoms with van der Waals surface area (Å²) in [5, 5.41) is 6.13. The molecule has 0 bridgehead atoms. The minimum absolute atomic E-state index is 0.176. The van der Waals surface area contributed by atoms with Crippen molar-refractivity contribution in [2.45, 2.75) is 0 Å². The zero-order valence-corrected chi connectivity index (χ0v) is 17.8. The number of hydrogen-bond donors (Lipinski definition) is 2. The van der Waals surface area contributed by atoms with E-state index in [-0.39, 0.29) is 5.91 Å². The third-order valence-electron chi connectivity index (χ3n) is 4.48. The second kappa shape index (κ2) is 10.8. The first-order chi connectivity index (χ1) is 15.1. The van der Waals surface area contributed by atoms with E-state index in [0.29, 0.717) is 36.0 Å². The summed E-state index contributed by atoms with van der Waals surface area (Å²) in [5.41, 5.74) is 2.03. The van der Waals surface area contributed by atoms with E-state index in [9.17, 15) is 4.79 Å². The van der Waals surface area contributed by atoms with Gasteiger partial charge in [-0.2, -0.15) is 0 Å². The highest BCUT2D eigenvalue weighted by Gasteiger charge is 2.14. The highest BCUT2D eigenvalue weighted by atomic mass is 16.5. The Bertz CT molecular complexity index is 983. The van der Waals surface area contributed by atoms with Gasteiger partial charge in [-0.1, -0.05) is 24.3 Å². The fourth-order valence-electron chi connectivity index (χ4n) is 3.01. The number of hydrogen-bond acceptors (Lipinski definition) is 6. The predicted octanol–water partition coefficient (Wildman–Crippen LogP) is 4.26. The quantitative estimate of drug-likeness (QED) is 0.475. The number of benzene rings is 3. The fraction of sp³-hybridized carbons (Fsp3) is 0.208. The summed E-state index contributed by atoms with van der Waals surface area (Å²) in [6.45, 7) is 0.789. The largest absolute Gasteiger partial charge is 0.493 e. The Morgan fingerprint density at radius 2 is 1.52 bits per heavy atom. The van der Waals surface area contributed by atoms with Gasteiger partial charge in [0.2, 0.25) is 5.75 Å². The molecule has 2 N–H and O–H groups in total. The summed E-state index contributed by atoms with van der Waals surface area (Å²) >= 11 is 0. The average Bonchev–Trinajstić information content (AvgIpc) is 2.81. The van der Waals surface area contributed by atoms with Crippen molar-refractivity contribution in [2.75, 3.05) is 39.8 Å². The van der Waals surface area contributed by atoms with E-state index in [1.165, 1.54) is 0 Å². The molecule has 0 saturated carbocycles. The molecule has 0 unspecified atom stereocenters. The van der Waals surface area contributed by atoms with Gasteiger partial charge >= 0.3 is 0 Å². The molecule has 3 aromatic carbocycles. The van der Waals surface area contributed by atoms with Crippen molar-refractivity contribution in [2.24, 2.45) is 0 Å². The molecule has 0 saturated heterocycles. The molecule has 0 fully saturated rings. The minimum Gasteiger partial charge on any atom is -0.493 e. The second-order valence-electron chi connectivity index (χ2n) is 6.54. The Balaban J connectivity index is 1.62. The van der Waals surface area contributed by atoms with Gasteiger partial charge in [0.25, 0.3) is 5.91 Å². The van der Waals surface area contributed by atoms with E-state index in [1.54, 1.807) is 45.6 Å². The van der Waals surface area contributed by atoms with E-state index in [0.717, 1.165) is 17.1 Å². The van der Waals surface area contributed by atoms with Crippen LogP contribution in [0.4, 0.5) is 11.4 Å². The normalized spacial score (nSPS) is 10.2. The van der Waals surface area contributed by atoms with Crippen molar-refractivity contribution in [3.8, 4) is 23.0 Å². The molecule has 162 valence electrons. The van der Waals surface area contributed by atoms with Crippen LogP contribution in [-0.2, 0) is 0 Å². The molecule has 0 aliphatic rings. The lowest BCUT2D eigenvalue weighted by molar-refractivity contribution is 0.0947. The Morgan fingerprint density at radius 1 is 0.806 bits per heavy atom. The van der Waals surface area contributed by atoms with E-state index >= 15 is 0 Å². The smallest absolute Gasteiger partial charge is 0.251 e. The fourth-order valence-corrected chi connectivity index (χ4v) is 3.01. The SMILES string of the molecule is COc1cc(Nc2cccc(C(=O)NCCOc3ccccc3)c2)cc(OC)c1OC. The number of amides is 1. The number of carbonyl (C=O) groups excluding carboxylic acids is 1. The first-order valence-electron chi connectivity index (χ1n) is 9.77. The van der Waals surface area contributed by atoms with Crippen LogP contribution in [0.15, 0.2) is 66.7 Å². The zero-order valence-electron chi connectivity index (χ0n) is 17.8. The van der Waals surface area contributed by atoms with E-state index < -0.39 is 0 Å². The number of rotatable bonds is 10. The lowest BCUT2D eigenvalue weighted by Gasteiger charge is -2.15. The number of ether oxygens (including phenoxy) is 4. The molecule has 0 heterocycles. The Hall–Kier alpha value is -3.87. The molecule has 3 rings (SSSR count). The molecular weight excluding hydrogens is 396 g/mol. The van der Waals surface area contributed by atoms with Gasteiger partial charge in [-0.05, 0) is 30.3 Å². The Labute approximate surface area is 181 Å². The van der Waals surface area contributed by atoms with Gasteiger partial charge in [0, 0.05) is 29.1 Å². The standard InChI is InChI=1S/C24H26N2O5/c1-28-21-15-19(16-22(29-2)23(21)30-3)26-18-9-7-8-17(14-18)24(27)25-12-13-31-20-10-5-4-6-11-20/h4-11,14-16,26H,12-13H2,1-3H3,(H,25,27). The second-order valence-corrected chi connectivity index (χ2v) is 6.54. The molecule has 3 aromatic rings. The van der Waals surface area contributed by atoms with Crippen LogP contribution in [0.2, 0.25) is 0 Å². The van der Waals surface area contributed by atoms with Crippen molar-refractivity contribution in [3.05, 3.63) is 72.3 Å². The lowest BCUT2D eigenvalue weighted by Crippen LogP contribution is -2.28. The molecule has 0 spiro atoms. The molecular formula is C24H26N2O5. The van der Waals surface area contributed by atoms with Crippen LogP contribution in [-0.4, -0.2) is 40.4 Å². The van der Waals surface area contributed by atoms with E-state index in [2.05, 4.69) is 10.6 Å². The van der Waals surface area contributed by atoms with Crippen molar-refractivity contribution >= 4 is 17.3 Å². The number of nitrogens with one attached hydrogen (secondary N) is 2. The van der Waals surface area contributed by atoms with Gasteiger partial charge < -0.3 is 29.6 Å². The third kappa shape index (κ3) is 5.82. The number of para-hydroxylation sites is 1. The van der Waals surface area contributed by atoms with Gasteiger partial charge in [-0.15, -0.1) is 0 Å². The molecule has 0 atom stereocenters. The van der Waals surface area contributed by atoms with Crippen molar-refractivity contribution in [1.29, 1.82) is 0 Å². The van der Waals surface area contributed by atoms with Crippen LogP contribution in [0, 0.1) is 0 Å². The highest BCUT2D eigenvalue weighted by Crippen LogP contribution is 2.40. The minimum atomic E-state index is -0.176. The predicted molar refractivity (Wildman–Crippen MR) is 120 cm³/mol. The van der Waals surface area contributed by atoms with Crippen LogP contribution >= 0.6 is 0 Å². The van der Waals surface area contributed by atoms with Crippen LogP contribution in [0.25, 0.3) is 0 Å². The van der Waals surface area contributed by atoms with Crippen molar-refractivity contribution in [1.82, 2.24) is 5.32 Å². The molecule has 31 heavy (non-hydrogen) atoms. The molecule has 7 heteroatoms. The van der Waals surface area contributed by atoms with E-state index in [1.807, 2.05) is 42.5 Å². The summed E-state index contributed by atoms with van der Waals surface area (Å²) in [6.07, 6.45) is 0. The molecule has 0 radical (unpaired) electrons. The summed E-state index contributed by atoms with van der Waals surface area (Å²) in [7, 11) is 4.68. The highest BCUT2D eigenvalue weighted by molar-refractivity contribution is 5.95. The van der Waals surface area contributed by atoms with E-state index in [4.69, 9.17) is 18.9 Å². The van der Waals surface area contributed by atoms with Gasteiger partial charge in [-0.25, -0.2) is 0 Å². The maximum Gasteiger partial charge on any atom is 0.251 e. The van der Waals surface area contributed by atoms with Gasteiger partial charge in [0.15, 0.2) is 11.5 Å². The van der Waals surface area contributed by atoms with Crippen molar-refractivity contribution in [3.63, 3.8) is 0 Å². The van der Waals surface area contributed by atoms with Crippen molar-refractivity contribution < 1.29 is 23.7 Å². The average molecular weight is 422 g/mol. The molecule has 0 aromatic heterocycles. The summed E-state index contributed by atoms with van der Waals surface area (Å²) in [6, 6.07) is 20.3. The first-order valence-corrected chi connectivity index (χ1v) is 9.77. The van der Waals surface area contributed by atoms with Crippen LogP contribution in [0.5, 0.6) is 23.0 Å². The molecule has 0 aliphatic carbocycles.